The van der Waals surface area contributed by atoms with E-state index in [1.807, 2.05) is 57.2 Å². The molecule has 37 heavy (non-hydrogen) atoms. The van der Waals surface area contributed by atoms with Gasteiger partial charge in [-0.2, -0.15) is 0 Å². The normalized spacial score (nSPS) is 11.2. The van der Waals surface area contributed by atoms with E-state index >= 15 is 0 Å². The van der Waals surface area contributed by atoms with Gasteiger partial charge in [0, 0.05) is 28.4 Å². The molecule has 3 N–H and O–H groups in total. The zero-order valence-corrected chi connectivity index (χ0v) is 21.6. The SMILES string of the molecule is CCC(C)NC(=O)NCC#Cc1ccc2ncnc(Nc3ccc(Oc4ccc(C)nc4)c(Cl)c3)c2c1. The molecule has 0 saturated heterocycles. The van der Waals surface area contributed by atoms with E-state index in [0.717, 1.165) is 34.3 Å². The Bertz CT molecular complexity index is 1460. The lowest BCUT2D eigenvalue weighted by molar-refractivity contribution is 0.238. The molecule has 9 heteroatoms. The first-order valence-electron chi connectivity index (χ1n) is 11.9. The van der Waals surface area contributed by atoms with Gasteiger partial charge in [-0.05, 0) is 68.8 Å². The maximum atomic E-state index is 11.8. The molecule has 1 unspecified atom stereocenters. The molecular formula is C28H27ClN6O2. The molecule has 0 radical (unpaired) electrons. The number of benzene rings is 2. The second-order valence-electron chi connectivity index (χ2n) is 8.40. The van der Waals surface area contributed by atoms with Gasteiger partial charge in [-0.15, -0.1) is 0 Å². The number of ether oxygens (including phenoxy) is 1. The summed E-state index contributed by atoms with van der Waals surface area (Å²) in [5.41, 5.74) is 3.20. The van der Waals surface area contributed by atoms with Crippen molar-refractivity contribution in [2.75, 3.05) is 11.9 Å². The molecule has 0 saturated carbocycles. The Hall–Kier alpha value is -4.35. The highest BCUT2D eigenvalue weighted by atomic mass is 35.5. The van der Waals surface area contributed by atoms with Gasteiger partial charge in [0.15, 0.2) is 0 Å². The molecule has 0 aliphatic carbocycles. The third kappa shape index (κ3) is 7.09. The number of aryl methyl sites for hydroxylation is 1. The minimum atomic E-state index is -0.229. The van der Waals surface area contributed by atoms with Crippen molar-refractivity contribution in [3.05, 3.63) is 77.3 Å². The van der Waals surface area contributed by atoms with Crippen molar-refractivity contribution in [1.29, 1.82) is 0 Å². The number of pyridine rings is 1. The second-order valence-corrected chi connectivity index (χ2v) is 8.81. The van der Waals surface area contributed by atoms with E-state index in [-0.39, 0.29) is 18.6 Å². The molecule has 1 atom stereocenters. The van der Waals surface area contributed by atoms with Crippen molar-refractivity contribution < 1.29 is 9.53 Å². The number of hydrogen-bond donors (Lipinski definition) is 3. The van der Waals surface area contributed by atoms with Crippen LogP contribution < -0.4 is 20.7 Å². The Labute approximate surface area is 220 Å². The van der Waals surface area contributed by atoms with Crippen molar-refractivity contribution >= 4 is 40.0 Å². The molecule has 4 rings (SSSR count). The predicted octanol–water partition coefficient (Wildman–Crippen LogP) is 5.97. The number of nitrogens with zero attached hydrogens (tertiary/aromatic N) is 3. The fraction of sp³-hybridized carbons (Fsp3) is 0.214. The second kappa shape index (κ2) is 12.1. The topological polar surface area (TPSA) is 101 Å². The Kier molecular flexibility index (Phi) is 8.39. The lowest BCUT2D eigenvalue weighted by atomic mass is 10.1. The Morgan fingerprint density at radius 3 is 2.73 bits per heavy atom. The van der Waals surface area contributed by atoms with E-state index in [0.29, 0.717) is 22.3 Å². The number of urea groups is 1. The number of anilines is 2. The van der Waals surface area contributed by atoms with E-state index in [9.17, 15) is 4.79 Å². The van der Waals surface area contributed by atoms with Crippen molar-refractivity contribution in [3.63, 3.8) is 0 Å². The van der Waals surface area contributed by atoms with Gasteiger partial charge in [0.25, 0.3) is 0 Å². The van der Waals surface area contributed by atoms with E-state index in [1.165, 1.54) is 6.33 Å². The molecule has 2 amide bonds. The first-order valence-corrected chi connectivity index (χ1v) is 12.2. The number of carbonyl (C=O) groups is 1. The molecule has 0 aliphatic heterocycles. The zero-order chi connectivity index (χ0) is 26.2. The first kappa shape index (κ1) is 25.7. The molecule has 8 nitrogen and oxygen atoms in total. The summed E-state index contributed by atoms with van der Waals surface area (Å²) >= 11 is 6.48. The van der Waals surface area contributed by atoms with Gasteiger partial charge in [-0.1, -0.05) is 30.4 Å². The summed E-state index contributed by atoms with van der Waals surface area (Å²) < 4.78 is 5.85. The lowest BCUT2D eigenvalue weighted by Crippen LogP contribution is -2.40. The molecule has 2 heterocycles. The van der Waals surface area contributed by atoms with Crippen LogP contribution in [0.4, 0.5) is 16.3 Å². The Morgan fingerprint density at radius 1 is 1.11 bits per heavy atom. The van der Waals surface area contributed by atoms with Crippen LogP contribution in [-0.4, -0.2) is 33.6 Å². The summed E-state index contributed by atoms with van der Waals surface area (Å²) in [5, 5.41) is 10.1. The van der Waals surface area contributed by atoms with E-state index in [4.69, 9.17) is 16.3 Å². The Balaban J connectivity index is 1.47. The largest absolute Gasteiger partial charge is 0.454 e. The van der Waals surface area contributed by atoms with Crippen LogP contribution in [0, 0.1) is 18.8 Å². The minimum absolute atomic E-state index is 0.114. The van der Waals surface area contributed by atoms with Gasteiger partial charge in [-0.25, -0.2) is 14.8 Å². The summed E-state index contributed by atoms with van der Waals surface area (Å²) in [6.45, 7) is 6.12. The molecule has 0 spiro atoms. The smallest absolute Gasteiger partial charge is 0.315 e. The average Bonchev–Trinajstić information content (AvgIpc) is 2.89. The van der Waals surface area contributed by atoms with Gasteiger partial charge in [0.1, 0.15) is 23.6 Å². The van der Waals surface area contributed by atoms with Crippen LogP contribution in [0.25, 0.3) is 10.9 Å². The number of carbonyl (C=O) groups excluding carboxylic acids is 1. The van der Waals surface area contributed by atoms with Crippen LogP contribution in [-0.2, 0) is 0 Å². The molecule has 2 aromatic heterocycles. The molecule has 0 aliphatic rings. The van der Waals surface area contributed by atoms with Gasteiger partial charge in [-0.3, -0.25) is 4.98 Å². The molecular weight excluding hydrogens is 488 g/mol. The van der Waals surface area contributed by atoms with Crippen molar-refractivity contribution in [3.8, 4) is 23.3 Å². The highest BCUT2D eigenvalue weighted by Gasteiger charge is 2.09. The third-order valence-corrected chi connectivity index (χ3v) is 5.80. The summed E-state index contributed by atoms with van der Waals surface area (Å²) in [6.07, 6.45) is 4.02. The van der Waals surface area contributed by atoms with Crippen LogP contribution in [0.15, 0.2) is 61.1 Å². The fourth-order valence-electron chi connectivity index (χ4n) is 3.32. The van der Waals surface area contributed by atoms with Crippen LogP contribution in [0.2, 0.25) is 5.02 Å². The molecule has 0 bridgehead atoms. The number of rotatable bonds is 7. The summed E-state index contributed by atoms with van der Waals surface area (Å²) in [7, 11) is 0. The molecule has 4 aromatic rings. The lowest BCUT2D eigenvalue weighted by Gasteiger charge is -2.12. The monoisotopic (exact) mass is 514 g/mol. The van der Waals surface area contributed by atoms with Gasteiger partial charge in [0.05, 0.1) is 23.3 Å². The van der Waals surface area contributed by atoms with Gasteiger partial charge >= 0.3 is 6.03 Å². The quantitative estimate of drug-likeness (QED) is 0.263. The maximum Gasteiger partial charge on any atom is 0.315 e. The highest BCUT2D eigenvalue weighted by Crippen LogP contribution is 2.33. The van der Waals surface area contributed by atoms with Crippen molar-refractivity contribution in [2.24, 2.45) is 0 Å². The minimum Gasteiger partial charge on any atom is -0.454 e. The van der Waals surface area contributed by atoms with Crippen LogP contribution in [0.1, 0.15) is 31.5 Å². The number of aromatic nitrogens is 3. The summed E-state index contributed by atoms with van der Waals surface area (Å²) in [5.74, 6) is 7.80. The van der Waals surface area contributed by atoms with Crippen LogP contribution in [0.3, 0.4) is 0 Å². The standard InChI is InChI=1S/C28H27ClN6O2/c1-4-18(2)34-28(36)30-13-5-6-20-8-11-25-23(14-20)27(33-17-32-25)35-21-9-12-26(24(29)15-21)37-22-10-7-19(3)31-16-22/h7-12,14-18H,4,13H2,1-3H3,(H2,30,34,36)(H,32,33,35). The maximum absolute atomic E-state index is 11.8. The summed E-state index contributed by atoms with van der Waals surface area (Å²) in [6, 6.07) is 14.7. The average molecular weight is 515 g/mol. The predicted molar refractivity (Wildman–Crippen MR) is 146 cm³/mol. The van der Waals surface area contributed by atoms with E-state index in [2.05, 4.69) is 42.7 Å². The number of amides is 2. The third-order valence-electron chi connectivity index (χ3n) is 5.50. The molecule has 2 aromatic carbocycles. The highest BCUT2D eigenvalue weighted by molar-refractivity contribution is 6.32. The first-order chi connectivity index (χ1) is 17.9. The number of nitrogens with one attached hydrogen (secondary N) is 3. The van der Waals surface area contributed by atoms with Crippen molar-refractivity contribution in [1.82, 2.24) is 25.6 Å². The summed E-state index contributed by atoms with van der Waals surface area (Å²) in [4.78, 5) is 24.8. The zero-order valence-electron chi connectivity index (χ0n) is 20.8. The van der Waals surface area contributed by atoms with Crippen molar-refractivity contribution in [2.45, 2.75) is 33.2 Å². The van der Waals surface area contributed by atoms with Gasteiger partial charge < -0.3 is 20.7 Å². The fourth-order valence-corrected chi connectivity index (χ4v) is 3.54. The van der Waals surface area contributed by atoms with E-state index in [1.54, 1.807) is 18.3 Å². The van der Waals surface area contributed by atoms with E-state index < -0.39 is 0 Å². The van der Waals surface area contributed by atoms with Crippen LogP contribution in [0.5, 0.6) is 11.5 Å². The Morgan fingerprint density at radius 2 is 1.97 bits per heavy atom. The number of hydrogen-bond acceptors (Lipinski definition) is 6. The number of fused-ring (bicyclic) bond motifs is 1. The van der Waals surface area contributed by atoms with Crippen LogP contribution >= 0.6 is 11.6 Å². The van der Waals surface area contributed by atoms with Gasteiger partial charge in [0.2, 0.25) is 0 Å². The molecule has 0 fully saturated rings. The number of halogens is 1. The molecule has 188 valence electrons.